The summed E-state index contributed by atoms with van der Waals surface area (Å²) in [6.07, 6.45) is 5.56. The van der Waals surface area contributed by atoms with Crippen molar-refractivity contribution < 1.29 is 27.9 Å². The first-order valence-corrected chi connectivity index (χ1v) is 15.7. The lowest BCUT2D eigenvalue weighted by molar-refractivity contribution is -0.142. The van der Waals surface area contributed by atoms with E-state index in [0.29, 0.717) is 47.1 Å². The zero-order valence-electron chi connectivity index (χ0n) is 21.1. The minimum absolute atomic E-state index is 0.244. The molecule has 1 aliphatic rings. The molecule has 39 heavy (non-hydrogen) atoms. The summed E-state index contributed by atoms with van der Waals surface area (Å²) in [4.78, 5) is 39.5. The number of rotatable bonds is 11. The molecule has 210 valence electrons. The SMILES string of the molecule is CSc1ccc(C=CC(=O)N2CCC(C(=O)NC(CNS(=O)(=O)Cc3ccccc3)C(=O)O)CC2)c(Cl)c1Cl. The molecule has 0 radical (unpaired) electrons. The van der Waals surface area contributed by atoms with Crippen LogP contribution >= 0.6 is 35.0 Å². The maximum absolute atomic E-state index is 12.7. The van der Waals surface area contributed by atoms with E-state index in [2.05, 4.69) is 10.0 Å². The second-order valence-corrected chi connectivity index (χ2v) is 12.3. The summed E-state index contributed by atoms with van der Waals surface area (Å²) >= 11 is 14.0. The number of carboxylic acid groups (broad SMARTS) is 1. The van der Waals surface area contributed by atoms with E-state index in [1.54, 1.807) is 47.4 Å². The summed E-state index contributed by atoms with van der Waals surface area (Å²) < 4.78 is 27.0. The van der Waals surface area contributed by atoms with E-state index < -0.39 is 40.4 Å². The number of carbonyl (C=O) groups is 3. The van der Waals surface area contributed by atoms with Crippen molar-refractivity contribution in [1.82, 2.24) is 14.9 Å². The molecule has 2 aromatic carbocycles. The van der Waals surface area contributed by atoms with Crippen LogP contribution in [-0.2, 0) is 30.2 Å². The summed E-state index contributed by atoms with van der Waals surface area (Å²) in [5.41, 5.74) is 1.17. The predicted octanol–water partition coefficient (Wildman–Crippen LogP) is 3.66. The third-order valence-corrected chi connectivity index (χ3v) is 9.31. The smallest absolute Gasteiger partial charge is 0.327 e. The molecular formula is C26H29Cl2N3O6S2. The average molecular weight is 615 g/mol. The Balaban J connectivity index is 1.50. The molecule has 1 atom stereocenters. The van der Waals surface area contributed by atoms with E-state index in [1.165, 1.54) is 17.8 Å². The van der Waals surface area contributed by atoms with Gasteiger partial charge in [-0.05, 0) is 42.4 Å². The highest BCUT2D eigenvalue weighted by Gasteiger charge is 2.30. The van der Waals surface area contributed by atoms with Gasteiger partial charge in [0.15, 0.2) is 0 Å². The van der Waals surface area contributed by atoms with Crippen LogP contribution in [0.5, 0.6) is 0 Å². The van der Waals surface area contributed by atoms with Crippen molar-refractivity contribution in [3.8, 4) is 0 Å². The average Bonchev–Trinajstić information content (AvgIpc) is 2.91. The fourth-order valence-corrected chi connectivity index (χ4v) is 6.33. The molecule has 3 rings (SSSR count). The van der Waals surface area contributed by atoms with Crippen LogP contribution in [0.3, 0.4) is 0 Å². The summed E-state index contributed by atoms with van der Waals surface area (Å²) in [6, 6.07) is 10.6. The number of carboxylic acids is 1. The molecule has 3 N–H and O–H groups in total. The zero-order chi connectivity index (χ0) is 28.6. The van der Waals surface area contributed by atoms with Gasteiger partial charge in [-0.2, -0.15) is 0 Å². The maximum Gasteiger partial charge on any atom is 0.327 e. The van der Waals surface area contributed by atoms with Crippen LogP contribution in [0.25, 0.3) is 6.08 Å². The van der Waals surface area contributed by atoms with Gasteiger partial charge in [-0.3, -0.25) is 9.59 Å². The molecule has 1 fully saturated rings. The van der Waals surface area contributed by atoms with Crippen molar-refractivity contribution in [2.45, 2.75) is 29.5 Å². The molecule has 1 aliphatic heterocycles. The van der Waals surface area contributed by atoms with E-state index >= 15 is 0 Å². The Morgan fingerprint density at radius 1 is 1.10 bits per heavy atom. The minimum Gasteiger partial charge on any atom is -0.480 e. The Kier molecular flexibility index (Phi) is 11.3. The fourth-order valence-electron chi connectivity index (χ4n) is 4.01. The molecule has 0 spiro atoms. The van der Waals surface area contributed by atoms with Crippen molar-refractivity contribution in [2.24, 2.45) is 5.92 Å². The highest BCUT2D eigenvalue weighted by molar-refractivity contribution is 7.98. The molecule has 2 amide bonds. The number of nitrogens with zero attached hydrogens (tertiary/aromatic N) is 1. The van der Waals surface area contributed by atoms with Crippen LogP contribution < -0.4 is 10.0 Å². The summed E-state index contributed by atoms with van der Waals surface area (Å²) in [5.74, 6) is -2.91. The van der Waals surface area contributed by atoms with Gasteiger partial charge in [-0.15, -0.1) is 11.8 Å². The fraction of sp³-hybridized carbons (Fsp3) is 0.346. The number of aliphatic carboxylic acids is 1. The Labute approximate surface area is 242 Å². The van der Waals surface area contributed by atoms with Crippen LogP contribution in [0.15, 0.2) is 53.4 Å². The number of likely N-dealkylation sites (tertiary alicyclic amines) is 1. The highest BCUT2D eigenvalue weighted by Crippen LogP contribution is 2.35. The molecule has 0 bridgehead atoms. The lowest BCUT2D eigenvalue weighted by Crippen LogP contribution is -2.51. The molecule has 1 unspecified atom stereocenters. The van der Waals surface area contributed by atoms with Gasteiger partial charge in [0.1, 0.15) is 6.04 Å². The molecule has 13 heteroatoms. The van der Waals surface area contributed by atoms with Crippen molar-refractivity contribution in [3.05, 3.63) is 69.7 Å². The van der Waals surface area contributed by atoms with Gasteiger partial charge in [-0.1, -0.05) is 59.6 Å². The Morgan fingerprint density at radius 2 is 1.77 bits per heavy atom. The van der Waals surface area contributed by atoms with Crippen LogP contribution in [-0.4, -0.2) is 68.1 Å². The molecule has 9 nitrogen and oxygen atoms in total. The second-order valence-electron chi connectivity index (χ2n) is 8.91. The quantitative estimate of drug-likeness (QED) is 0.260. The lowest BCUT2D eigenvalue weighted by atomic mass is 9.95. The first kappa shape index (κ1) is 31.0. The van der Waals surface area contributed by atoms with E-state index in [9.17, 15) is 27.9 Å². The summed E-state index contributed by atoms with van der Waals surface area (Å²) in [7, 11) is -3.81. The van der Waals surface area contributed by atoms with Crippen molar-refractivity contribution in [2.75, 3.05) is 25.9 Å². The normalized spacial score (nSPS) is 15.3. The number of benzene rings is 2. The first-order chi connectivity index (χ1) is 18.5. The summed E-state index contributed by atoms with van der Waals surface area (Å²) in [6.45, 7) is 0.133. The molecule has 0 aromatic heterocycles. The Morgan fingerprint density at radius 3 is 2.38 bits per heavy atom. The minimum atomic E-state index is -3.81. The van der Waals surface area contributed by atoms with Crippen LogP contribution in [0.4, 0.5) is 0 Å². The highest BCUT2D eigenvalue weighted by atomic mass is 35.5. The van der Waals surface area contributed by atoms with Gasteiger partial charge in [-0.25, -0.2) is 17.9 Å². The maximum atomic E-state index is 12.7. The molecule has 1 saturated heterocycles. The number of hydrogen-bond donors (Lipinski definition) is 3. The molecule has 0 saturated carbocycles. The van der Waals surface area contributed by atoms with Gasteiger partial charge < -0.3 is 15.3 Å². The van der Waals surface area contributed by atoms with Gasteiger partial charge in [0.05, 0.1) is 15.8 Å². The zero-order valence-corrected chi connectivity index (χ0v) is 24.2. The number of carbonyl (C=O) groups excluding carboxylic acids is 2. The monoisotopic (exact) mass is 613 g/mol. The van der Waals surface area contributed by atoms with Gasteiger partial charge in [0.2, 0.25) is 21.8 Å². The number of amides is 2. The van der Waals surface area contributed by atoms with E-state index in [1.807, 2.05) is 12.3 Å². The van der Waals surface area contributed by atoms with Crippen LogP contribution in [0.2, 0.25) is 10.0 Å². The lowest BCUT2D eigenvalue weighted by Gasteiger charge is -2.31. The van der Waals surface area contributed by atoms with Gasteiger partial charge in [0, 0.05) is 36.5 Å². The largest absolute Gasteiger partial charge is 0.480 e. The molecule has 1 heterocycles. The van der Waals surface area contributed by atoms with E-state index in [-0.39, 0.29) is 11.7 Å². The third-order valence-electron chi connectivity index (χ3n) is 6.20. The topological polar surface area (TPSA) is 133 Å². The number of thioether (sulfide) groups is 1. The molecular weight excluding hydrogens is 585 g/mol. The van der Waals surface area contributed by atoms with Crippen molar-refractivity contribution >= 4 is 68.8 Å². The number of hydrogen-bond acceptors (Lipinski definition) is 6. The van der Waals surface area contributed by atoms with Crippen LogP contribution in [0, 0.1) is 5.92 Å². The number of nitrogens with one attached hydrogen (secondary N) is 2. The second kappa shape index (κ2) is 14.2. The first-order valence-electron chi connectivity index (χ1n) is 12.0. The van der Waals surface area contributed by atoms with Crippen LogP contribution in [0.1, 0.15) is 24.0 Å². The van der Waals surface area contributed by atoms with Crippen molar-refractivity contribution in [3.63, 3.8) is 0 Å². The number of halogens is 2. The standard InChI is InChI=1S/C26H29Cl2N3O6S2/c1-38-21-9-7-18(23(27)24(21)28)8-10-22(32)31-13-11-19(12-14-31)25(33)30-20(26(34)35)15-29-39(36,37)16-17-5-3-2-4-6-17/h2-10,19-20,29H,11-16H2,1H3,(H,30,33)(H,34,35). The predicted molar refractivity (Wildman–Crippen MR) is 153 cm³/mol. The van der Waals surface area contributed by atoms with Crippen molar-refractivity contribution in [1.29, 1.82) is 0 Å². The van der Waals surface area contributed by atoms with E-state index in [4.69, 9.17) is 23.2 Å². The molecule has 2 aromatic rings. The third kappa shape index (κ3) is 8.97. The Hall–Kier alpha value is -2.57. The van der Waals surface area contributed by atoms with Gasteiger partial charge in [0.25, 0.3) is 0 Å². The number of piperidine rings is 1. The van der Waals surface area contributed by atoms with E-state index in [0.717, 1.165) is 4.90 Å². The Bertz CT molecular complexity index is 1330. The molecule has 0 aliphatic carbocycles. The number of sulfonamides is 1. The van der Waals surface area contributed by atoms with Gasteiger partial charge >= 0.3 is 5.97 Å². The summed E-state index contributed by atoms with van der Waals surface area (Å²) in [5, 5.41) is 12.7.